The Hall–Kier alpha value is -1.60. The van der Waals surface area contributed by atoms with Crippen molar-refractivity contribution < 1.29 is 14.0 Å². The van der Waals surface area contributed by atoms with E-state index in [0.29, 0.717) is 12.2 Å². The second-order valence-corrected chi connectivity index (χ2v) is 7.89. The highest BCUT2D eigenvalue weighted by Gasteiger charge is 2.23. The Balaban J connectivity index is 1.33. The van der Waals surface area contributed by atoms with Crippen molar-refractivity contribution in [1.82, 2.24) is 15.4 Å². The van der Waals surface area contributed by atoms with Crippen molar-refractivity contribution in [2.45, 2.75) is 71.0 Å². The molecule has 0 amide bonds. The minimum atomic E-state index is 0.305. The van der Waals surface area contributed by atoms with Gasteiger partial charge >= 0.3 is 0 Å². The van der Waals surface area contributed by atoms with Crippen LogP contribution < -0.4 is 5.32 Å². The zero-order chi connectivity index (χ0) is 19.8. The van der Waals surface area contributed by atoms with Crippen molar-refractivity contribution in [3.63, 3.8) is 0 Å². The van der Waals surface area contributed by atoms with E-state index >= 15 is 0 Å². The van der Waals surface area contributed by atoms with E-state index in [1.165, 1.54) is 18.4 Å². The summed E-state index contributed by atoms with van der Waals surface area (Å²) >= 11 is 0. The molecule has 0 bridgehead atoms. The van der Waals surface area contributed by atoms with Crippen LogP contribution in [0.4, 0.5) is 0 Å². The van der Waals surface area contributed by atoms with Crippen LogP contribution in [0.25, 0.3) is 0 Å². The summed E-state index contributed by atoms with van der Waals surface area (Å²) in [5.41, 5.74) is 2.24. The van der Waals surface area contributed by atoms with Gasteiger partial charge in [-0.15, -0.1) is 0 Å². The van der Waals surface area contributed by atoms with E-state index in [1.54, 1.807) is 0 Å². The fraction of sp³-hybridized carbons (Fsp3) is 0.810. The molecule has 0 radical (unpaired) electrons. The van der Waals surface area contributed by atoms with Crippen LogP contribution in [0.3, 0.4) is 0 Å². The lowest BCUT2D eigenvalue weighted by atomic mass is 10.1. The third kappa shape index (κ3) is 5.95. The van der Waals surface area contributed by atoms with Crippen LogP contribution in [0, 0.1) is 13.8 Å². The number of hydrogen-bond acceptors (Lipinski definition) is 5. The SMILES string of the molecule is CN=C(NCCCc1c(C)noc1C)N1CCC(OCC2CCCCO2)CC1. The van der Waals surface area contributed by atoms with Crippen molar-refractivity contribution >= 4 is 5.96 Å². The molecule has 1 atom stereocenters. The first-order valence-electron chi connectivity index (χ1n) is 10.8. The summed E-state index contributed by atoms with van der Waals surface area (Å²) in [7, 11) is 1.86. The van der Waals surface area contributed by atoms with Crippen LogP contribution in [0.1, 0.15) is 55.5 Å². The minimum Gasteiger partial charge on any atom is -0.376 e. The summed E-state index contributed by atoms with van der Waals surface area (Å²) in [6.45, 7) is 8.49. The number of nitrogens with zero attached hydrogens (tertiary/aromatic N) is 3. The van der Waals surface area contributed by atoms with Crippen LogP contribution in [-0.4, -0.2) is 68.1 Å². The molecule has 1 N–H and O–H groups in total. The summed E-state index contributed by atoms with van der Waals surface area (Å²) in [4.78, 5) is 6.81. The Morgan fingerprint density at radius 2 is 2.07 bits per heavy atom. The Bertz CT molecular complexity index is 598. The fourth-order valence-electron chi connectivity index (χ4n) is 4.07. The highest BCUT2D eigenvalue weighted by atomic mass is 16.5. The number of rotatable bonds is 7. The van der Waals surface area contributed by atoms with Crippen molar-refractivity contribution in [2.75, 3.05) is 39.9 Å². The van der Waals surface area contributed by atoms with Crippen molar-refractivity contribution in [3.05, 3.63) is 17.0 Å². The van der Waals surface area contributed by atoms with Gasteiger partial charge in [0.25, 0.3) is 0 Å². The van der Waals surface area contributed by atoms with Gasteiger partial charge in [0.2, 0.25) is 0 Å². The maximum atomic E-state index is 6.12. The third-order valence-corrected chi connectivity index (χ3v) is 5.81. The van der Waals surface area contributed by atoms with Crippen LogP contribution in [0.2, 0.25) is 0 Å². The molecule has 2 aliphatic rings. The number of hydrogen-bond donors (Lipinski definition) is 1. The first-order chi connectivity index (χ1) is 13.7. The summed E-state index contributed by atoms with van der Waals surface area (Å²) < 4.78 is 17.1. The summed E-state index contributed by atoms with van der Waals surface area (Å²) in [6.07, 6.45) is 8.36. The second-order valence-electron chi connectivity index (χ2n) is 7.89. The first-order valence-corrected chi connectivity index (χ1v) is 10.8. The molecule has 0 spiro atoms. The Morgan fingerprint density at radius 1 is 1.25 bits per heavy atom. The maximum absolute atomic E-state index is 6.12. The summed E-state index contributed by atoms with van der Waals surface area (Å²) in [5.74, 6) is 1.93. The lowest BCUT2D eigenvalue weighted by molar-refractivity contribution is -0.0721. The molecule has 2 aliphatic heterocycles. The molecular formula is C21H36N4O3. The fourth-order valence-corrected chi connectivity index (χ4v) is 4.07. The minimum absolute atomic E-state index is 0.305. The number of aromatic nitrogens is 1. The van der Waals surface area contributed by atoms with Gasteiger partial charge in [-0.25, -0.2) is 0 Å². The molecule has 3 heterocycles. The number of aliphatic imine (C=N–C) groups is 1. The number of aryl methyl sites for hydroxylation is 2. The normalized spacial score (nSPS) is 21.9. The maximum Gasteiger partial charge on any atom is 0.193 e. The number of ether oxygens (including phenoxy) is 2. The molecular weight excluding hydrogens is 356 g/mol. The molecule has 0 saturated carbocycles. The van der Waals surface area contributed by atoms with E-state index in [-0.39, 0.29) is 0 Å². The van der Waals surface area contributed by atoms with Crippen LogP contribution >= 0.6 is 0 Å². The standard InChI is InChI=1S/C21H36N4O3/c1-16-20(17(2)28-24-16)8-6-11-23-21(22-3)25-12-9-18(10-13-25)27-15-19-7-4-5-14-26-19/h18-19H,4-15H2,1-3H3,(H,22,23). The molecule has 0 aromatic carbocycles. The molecule has 3 rings (SSSR count). The quantitative estimate of drug-likeness (QED) is 0.437. The Kier molecular flexibility index (Phi) is 8.15. The van der Waals surface area contributed by atoms with E-state index in [9.17, 15) is 0 Å². The summed E-state index contributed by atoms with van der Waals surface area (Å²) in [5, 5.41) is 7.53. The largest absolute Gasteiger partial charge is 0.376 e. The van der Waals surface area contributed by atoms with Gasteiger partial charge in [-0.1, -0.05) is 5.16 Å². The lowest BCUT2D eigenvalue weighted by Crippen LogP contribution is -2.47. The zero-order valence-electron chi connectivity index (χ0n) is 17.7. The van der Waals surface area contributed by atoms with Gasteiger partial charge in [0, 0.05) is 38.9 Å². The molecule has 2 saturated heterocycles. The monoisotopic (exact) mass is 392 g/mol. The number of piperidine rings is 1. The number of guanidine groups is 1. The highest BCUT2D eigenvalue weighted by molar-refractivity contribution is 5.79. The van der Waals surface area contributed by atoms with Gasteiger partial charge < -0.3 is 24.2 Å². The summed E-state index contributed by atoms with van der Waals surface area (Å²) in [6, 6.07) is 0. The van der Waals surface area contributed by atoms with Crippen LogP contribution in [0.15, 0.2) is 9.52 Å². The Morgan fingerprint density at radius 3 is 2.71 bits per heavy atom. The molecule has 1 unspecified atom stereocenters. The van der Waals surface area contributed by atoms with E-state index in [2.05, 4.69) is 20.4 Å². The predicted octanol–water partition coefficient (Wildman–Crippen LogP) is 2.85. The zero-order valence-corrected chi connectivity index (χ0v) is 17.7. The molecule has 7 nitrogen and oxygen atoms in total. The molecule has 0 aliphatic carbocycles. The number of nitrogens with one attached hydrogen (secondary N) is 1. The van der Waals surface area contributed by atoms with Gasteiger partial charge in [-0.3, -0.25) is 4.99 Å². The van der Waals surface area contributed by atoms with Crippen molar-refractivity contribution in [3.8, 4) is 0 Å². The molecule has 1 aromatic heterocycles. The van der Waals surface area contributed by atoms with Crippen LogP contribution in [-0.2, 0) is 15.9 Å². The highest BCUT2D eigenvalue weighted by Crippen LogP contribution is 2.18. The van der Waals surface area contributed by atoms with Gasteiger partial charge in [0.15, 0.2) is 5.96 Å². The van der Waals surface area contributed by atoms with E-state index in [4.69, 9.17) is 14.0 Å². The topological polar surface area (TPSA) is 72.1 Å². The lowest BCUT2D eigenvalue weighted by Gasteiger charge is -2.35. The average molecular weight is 393 g/mol. The third-order valence-electron chi connectivity index (χ3n) is 5.81. The van der Waals surface area contributed by atoms with Crippen LogP contribution in [0.5, 0.6) is 0 Å². The van der Waals surface area contributed by atoms with Crippen molar-refractivity contribution in [1.29, 1.82) is 0 Å². The van der Waals surface area contributed by atoms with E-state index in [0.717, 1.165) is 82.4 Å². The molecule has 1 aromatic rings. The second kappa shape index (κ2) is 10.8. The van der Waals surface area contributed by atoms with E-state index in [1.807, 2.05) is 20.9 Å². The molecule has 2 fully saturated rings. The van der Waals surface area contributed by atoms with Gasteiger partial charge in [-0.05, 0) is 58.8 Å². The number of likely N-dealkylation sites (tertiary alicyclic amines) is 1. The van der Waals surface area contributed by atoms with Gasteiger partial charge in [0.1, 0.15) is 5.76 Å². The first kappa shape index (κ1) is 21.1. The molecule has 28 heavy (non-hydrogen) atoms. The van der Waals surface area contributed by atoms with E-state index < -0.39 is 0 Å². The smallest absolute Gasteiger partial charge is 0.193 e. The van der Waals surface area contributed by atoms with Crippen molar-refractivity contribution in [2.24, 2.45) is 4.99 Å². The molecule has 158 valence electrons. The molecule has 7 heteroatoms. The van der Waals surface area contributed by atoms with Gasteiger partial charge in [-0.2, -0.15) is 0 Å². The van der Waals surface area contributed by atoms with Gasteiger partial charge in [0.05, 0.1) is 24.5 Å². The average Bonchev–Trinajstić information content (AvgIpc) is 3.05. The Labute approximate surface area is 168 Å². The predicted molar refractivity (Wildman–Crippen MR) is 110 cm³/mol.